The van der Waals surface area contributed by atoms with Gasteiger partial charge < -0.3 is 10.4 Å². The second-order valence-electron chi connectivity index (χ2n) is 6.10. The lowest BCUT2D eigenvalue weighted by atomic mass is 9.98. The molecule has 0 aliphatic carbocycles. The van der Waals surface area contributed by atoms with Crippen LogP contribution in [0, 0.1) is 0 Å². The third-order valence-corrected chi connectivity index (χ3v) is 3.39. The van der Waals surface area contributed by atoms with Gasteiger partial charge in [0.1, 0.15) is 5.82 Å². The van der Waals surface area contributed by atoms with E-state index in [0.29, 0.717) is 5.56 Å². The highest BCUT2D eigenvalue weighted by Crippen LogP contribution is 2.31. The van der Waals surface area contributed by atoms with Gasteiger partial charge in [-0.05, 0) is 32.4 Å². The van der Waals surface area contributed by atoms with E-state index in [2.05, 4.69) is 20.3 Å². The summed E-state index contributed by atoms with van der Waals surface area (Å²) in [5, 5.41) is 11.6. The van der Waals surface area contributed by atoms with Gasteiger partial charge in [0, 0.05) is 36.0 Å². The standard InChI is InChI=1S/C16H17F3N4O2/c1-15(2,6-3-13(24)25)23-12-9-11(16(17,18)19)21-14(22-12)10-4-7-20-8-5-10/h4-5,7-9H,3,6H2,1-2H3,(H,24,25)(H,21,22,23). The summed E-state index contributed by atoms with van der Waals surface area (Å²) in [6.07, 6.45) is -1.66. The Hall–Kier alpha value is -2.71. The summed E-state index contributed by atoms with van der Waals surface area (Å²) in [5.41, 5.74) is -1.44. The average molecular weight is 354 g/mol. The zero-order valence-electron chi connectivity index (χ0n) is 13.6. The molecule has 2 N–H and O–H groups in total. The SMILES string of the molecule is CC(C)(CCC(=O)O)Nc1cc(C(F)(F)F)nc(-c2ccncc2)n1. The summed E-state index contributed by atoms with van der Waals surface area (Å²) in [6, 6.07) is 3.83. The molecule has 0 atom stereocenters. The maximum absolute atomic E-state index is 13.1. The predicted molar refractivity (Wildman–Crippen MR) is 84.8 cm³/mol. The second-order valence-corrected chi connectivity index (χ2v) is 6.10. The van der Waals surface area contributed by atoms with Gasteiger partial charge in [-0.15, -0.1) is 0 Å². The number of aromatic nitrogens is 3. The Bertz CT molecular complexity index is 749. The van der Waals surface area contributed by atoms with Crippen molar-refractivity contribution in [2.75, 3.05) is 5.32 Å². The van der Waals surface area contributed by atoms with Crippen LogP contribution in [0.1, 0.15) is 32.4 Å². The number of nitrogens with one attached hydrogen (secondary N) is 1. The Morgan fingerprint density at radius 3 is 2.40 bits per heavy atom. The minimum Gasteiger partial charge on any atom is -0.481 e. The van der Waals surface area contributed by atoms with Crippen molar-refractivity contribution in [3.05, 3.63) is 36.3 Å². The molecule has 9 heteroatoms. The van der Waals surface area contributed by atoms with Crippen molar-refractivity contribution in [3.8, 4) is 11.4 Å². The first-order valence-electron chi connectivity index (χ1n) is 7.43. The van der Waals surface area contributed by atoms with Crippen LogP contribution in [-0.2, 0) is 11.0 Å². The molecule has 134 valence electrons. The highest BCUT2D eigenvalue weighted by atomic mass is 19.4. The van der Waals surface area contributed by atoms with Crippen molar-refractivity contribution in [1.29, 1.82) is 0 Å². The van der Waals surface area contributed by atoms with E-state index in [9.17, 15) is 18.0 Å². The fraction of sp³-hybridized carbons (Fsp3) is 0.375. The summed E-state index contributed by atoms with van der Waals surface area (Å²) in [4.78, 5) is 22.2. The van der Waals surface area contributed by atoms with Gasteiger partial charge in [-0.1, -0.05) is 0 Å². The highest BCUT2D eigenvalue weighted by Gasteiger charge is 2.34. The topological polar surface area (TPSA) is 88.0 Å². The molecule has 0 fully saturated rings. The van der Waals surface area contributed by atoms with Gasteiger partial charge in [0.2, 0.25) is 0 Å². The summed E-state index contributed by atoms with van der Waals surface area (Å²) in [6.45, 7) is 3.38. The smallest absolute Gasteiger partial charge is 0.433 e. The van der Waals surface area contributed by atoms with E-state index in [1.165, 1.54) is 24.5 Å². The molecular weight excluding hydrogens is 337 g/mol. The summed E-state index contributed by atoms with van der Waals surface area (Å²) >= 11 is 0. The maximum atomic E-state index is 13.1. The number of carboxylic acid groups (broad SMARTS) is 1. The molecule has 0 aromatic carbocycles. The van der Waals surface area contributed by atoms with Crippen molar-refractivity contribution in [3.63, 3.8) is 0 Å². The van der Waals surface area contributed by atoms with Crippen LogP contribution in [0.5, 0.6) is 0 Å². The first kappa shape index (κ1) is 18.6. The quantitative estimate of drug-likeness (QED) is 0.824. The Morgan fingerprint density at radius 1 is 1.20 bits per heavy atom. The number of halogens is 3. The Labute approximate surface area is 142 Å². The highest BCUT2D eigenvalue weighted by molar-refractivity contribution is 5.67. The van der Waals surface area contributed by atoms with Gasteiger partial charge in [0.05, 0.1) is 0 Å². The third kappa shape index (κ3) is 5.40. The molecule has 0 aliphatic rings. The minimum atomic E-state index is -4.63. The monoisotopic (exact) mass is 354 g/mol. The largest absolute Gasteiger partial charge is 0.481 e. The molecule has 0 saturated carbocycles. The molecule has 6 nitrogen and oxygen atoms in total. The molecule has 25 heavy (non-hydrogen) atoms. The lowest BCUT2D eigenvalue weighted by Gasteiger charge is -2.26. The molecule has 0 amide bonds. The molecule has 2 rings (SSSR count). The van der Waals surface area contributed by atoms with E-state index >= 15 is 0 Å². The van der Waals surface area contributed by atoms with E-state index < -0.39 is 23.4 Å². The molecule has 2 aromatic heterocycles. The molecule has 0 spiro atoms. The number of alkyl halides is 3. The first-order valence-corrected chi connectivity index (χ1v) is 7.43. The normalized spacial score (nSPS) is 12.0. The Balaban J connectivity index is 2.38. The Kier molecular flexibility index (Phi) is 5.24. The first-order chi connectivity index (χ1) is 11.6. The van der Waals surface area contributed by atoms with Gasteiger partial charge >= 0.3 is 12.1 Å². The molecule has 2 heterocycles. The number of aliphatic carboxylic acids is 1. The molecule has 0 saturated heterocycles. The number of anilines is 1. The number of hydrogen-bond donors (Lipinski definition) is 2. The molecule has 0 radical (unpaired) electrons. The van der Waals surface area contributed by atoms with E-state index in [-0.39, 0.29) is 24.5 Å². The number of nitrogens with zero attached hydrogens (tertiary/aromatic N) is 3. The van der Waals surface area contributed by atoms with Crippen molar-refractivity contribution in [2.45, 2.75) is 38.4 Å². The fourth-order valence-corrected chi connectivity index (χ4v) is 2.12. The zero-order chi connectivity index (χ0) is 18.7. The minimum absolute atomic E-state index is 0.0236. The predicted octanol–water partition coefficient (Wildman–Crippen LogP) is 3.61. The zero-order valence-corrected chi connectivity index (χ0v) is 13.6. The Morgan fingerprint density at radius 2 is 1.84 bits per heavy atom. The maximum Gasteiger partial charge on any atom is 0.433 e. The molecule has 2 aromatic rings. The van der Waals surface area contributed by atoms with Crippen molar-refractivity contribution in [1.82, 2.24) is 15.0 Å². The molecule has 0 bridgehead atoms. The van der Waals surface area contributed by atoms with Gasteiger partial charge in [-0.3, -0.25) is 9.78 Å². The number of carboxylic acids is 1. The second kappa shape index (κ2) is 7.04. The van der Waals surface area contributed by atoms with Crippen LogP contribution < -0.4 is 5.32 Å². The molecule has 0 unspecified atom stereocenters. The average Bonchev–Trinajstić information content (AvgIpc) is 2.52. The van der Waals surface area contributed by atoms with Crippen molar-refractivity contribution >= 4 is 11.8 Å². The van der Waals surface area contributed by atoms with E-state index in [1.54, 1.807) is 13.8 Å². The van der Waals surface area contributed by atoms with Gasteiger partial charge in [0.15, 0.2) is 11.5 Å². The van der Waals surface area contributed by atoms with Crippen LogP contribution in [0.2, 0.25) is 0 Å². The van der Waals surface area contributed by atoms with Crippen LogP contribution >= 0.6 is 0 Å². The van der Waals surface area contributed by atoms with E-state index in [4.69, 9.17) is 5.11 Å². The number of carbonyl (C=O) groups is 1. The number of rotatable bonds is 6. The van der Waals surface area contributed by atoms with Crippen molar-refractivity contribution < 1.29 is 23.1 Å². The summed E-state index contributed by atoms with van der Waals surface area (Å²) < 4.78 is 39.4. The van der Waals surface area contributed by atoms with Gasteiger partial charge in [-0.25, -0.2) is 9.97 Å². The lowest BCUT2D eigenvalue weighted by molar-refractivity contribution is -0.141. The fourth-order valence-electron chi connectivity index (χ4n) is 2.12. The summed E-state index contributed by atoms with van der Waals surface area (Å²) in [7, 11) is 0. The van der Waals surface area contributed by atoms with Crippen LogP contribution in [0.4, 0.5) is 19.0 Å². The molecular formula is C16H17F3N4O2. The van der Waals surface area contributed by atoms with Gasteiger partial charge in [0.25, 0.3) is 0 Å². The van der Waals surface area contributed by atoms with E-state index in [1.807, 2.05) is 0 Å². The number of hydrogen-bond acceptors (Lipinski definition) is 5. The van der Waals surface area contributed by atoms with Crippen LogP contribution in [0.25, 0.3) is 11.4 Å². The van der Waals surface area contributed by atoms with Crippen LogP contribution in [0.3, 0.4) is 0 Å². The van der Waals surface area contributed by atoms with Crippen LogP contribution in [0.15, 0.2) is 30.6 Å². The lowest BCUT2D eigenvalue weighted by Crippen LogP contribution is -2.32. The molecule has 0 aliphatic heterocycles. The number of pyridine rings is 1. The third-order valence-electron chi connectivity index (χ3n) is 3.39. The van der Waals surface area contributed by atoms with E-state index in [0.717, 1.165) is 6.07 Å². The van der Waals surface area contributed by atoms with Crippen molar-refractivity contribution in [2.24, 2.45) is 0 Å². The van der Waals surface area contributed by atoms with Gasteiger partial charge in [-0.2, -0.15) is 13.2 Å². The van der Waals surface area contributed by atoms with Crippen LogP contribution in [-0.4, -0.2) is 31.6 Å². The summed E-state index contributed by atoms with van der Waals surface area (Å²) in [5.74, 6) is -1.09.